The smallest absolute Gasteiger partial charge is 0.169 e. The fraction of sp³-hybridized carbons (Fsp3) is 0.0800. The summed E-state index contributed by atoms with van der Waals surface area (Å²) in [6.45, 7) is 7.99. The summed E-state index contributed by atoms with van der Waals surface area (Å²) in [5, 5.41) is 8.33. The van der Waals surface area contributed by atoms with Crippen molar-refractivity contribution in [1.29, 1.82) is 0 Å². The number of benzene rings is 2. The van der Waals surface area contributed by atoms with Crippen LogP contribution in [0.15, 0.2) is 67.4 Å². The summed E-state index contributed by atoms with van der Waals surface area (Å²) in [7, 11) is 0. The molecule has 0 fully saturated rings. The molecule has 0 aliphatic carbocycles. The maximum Gasteiger partial charge on any atom is 0.169 e. The first kappa shape index (κ1) is 21.0. The Hall–Kier alpha value is -3.91. The summed E-state index contributed by atoms with van der Waals surface area (Å²) in [4.78, 5) is 11.4. The minimum atomic E-state index is -0.416. The van der Waals surface area contributed by atoms with Crippen molar-refractivity contribution in [2.75, 3.05) is 5.32 Å². The number of hydrogen-bond donors (Lipinski definition) is 1. The van der Waals surface area contributed by atoms with Gasteiger partial charge in [0.15, 0.2) is 11.5 Å². The summed E-state index contributed by atoms with van der Waals surface area (Å²) in [5.74, 6) is -0.0982. The summed E-state index contributed by atoms with van der Waals surface area (Å²) < 4.78 is 29.8. The van der Waals surface area contributed by atoms with Gasteiger partial charge >= 0.3 is 0 Å². The van der Waals surface area contributed by atoms with Crippen LogP contribution >= 0.6 is 11.3 Å². The lowest BCUT2D eigenvalue weighted by Gasteiger charge is -2.12. The number of nitrogens with zero attached hydrogens (tertiary/aromatic N) is 4. The average Bonchev–Trinajstić information content (AvgIpc) is 3.41. The van der Waals surface area contributed by atoms with Crippen LogP contribution in [-0.2, 0) is 0 Å². The molecule has 33 heavy (non-hydrogen) atoms. The van der Waals surface area contributed by atoms with Crippen molar-refractivity contribution in [3.8, 4) is 17.1 Å². The Bertz CT molecular complexity index is 1500. The third kappa shape index (κ3) is 4.01. The fourth-order valence-corrected chi connectivity index (χ4v) is 4.29. The van der Waals surface area contributed by atoms with E-state index in [2.05, 4.69) is 27.0 Å². The van der Waals surface area contributed by atoms with Gasteiger partial charge < -0.3 is 5.32 Å². The van der Waals surface area contributed by atoms with Crippen molar-refractivity contribution < 1.29 is 8.78 Å². The lowest BCUT2D eigenvalue weighted by molar-refractivity contribution is 0.627. The van der Waals surface area contributed by atoms with E-state index >= 15 is 0 Å². The molecule has 164 valence electrons. The SMILES string of the molecule is C=C(Nc1nc(-c2ccc(C)cc2F)nc2c1cnn2-c1ccc(F)cc1)c1ccc(C)s1. The van der Waals surface area contributed by atoms with Crippen LogP contribution in [0, 0.1) is 25.5 Å². The predicted octanol–water partition coefficient (Wildman–Crippen LogP) is 6.52. The highest BCUT2D eigenvalue weighted by atomic mass is 32.1. The highest BCUT2D eigenvalue weighted by Crippen LogP contribution is 2.31. The van der Waals surface area contributed by atoms with Crippen molar-refractivity contribution in [2.24, 2.45) is 0 Å². The molecule has 0 saturated heterocycles. The van der Waals surface area contributed by atoms with Gasteiger partial charge in [0, 0.05) is 10.6 Å². The zero-order valence-electron chi connectivity index (χ0n) is 17.9. The minimum absolute atomic E-state index is 0.210. The van der Waals surface area contributed by atoms with Crippen LogP contribution < -0.4 is 5.32 Å². The number of anilines is 1. The molecule has 5 rings (SSSR count). The van der Waals surface area contributed by atoms with Gasteiger partial charge in [-0.2, -0.15) is 5.10 Å². The molecule has 5 nitrogen and oxygen atoms in total. The second kappa shape index (κ2) is 8.22. The van der Waals surface area contributed by atoms with Crippen molar-refractivity contribution in [3.63, 3.8) is 0 Å². The van der Waals surface area contributed by atoms with Crippen molar-refractivity contribution >= 4 is 33.9 Å². The molecule has 0 atom stereocenters. The van der Waals surface area contributed by atoms with Crippen molar-refractivity contribution in [3.05, 3.63) is 94.3 Å². The molecule has 2 aromatic carbocycles. The third-order valence-electron chi connectivity index (χ3n) is 5.17. The lowest BCUT2D eigenvalue weighted by Crippen LogP contribution is -2.04. The van der Waals surface area contributed by atoms with Gasteiger partial charge in [-0.3, -0.25) is 0 Å². The normalized spacial score (nSPS) is 11.2. The molecule has 0 spiro atoms. The first-order chi connectivity index (χ1) is 15.9. The van der Waals surface area contributed by atoms with E-state index < -0.39 is 5.82 Å². The first-order valence-corrected chi connectivity index (χ1v) is 11.0. The fourth-order valence-electron chi connectivity index (χ4n) is 3.50. The van der Waals surface area contributed by atoms with Gasteiger partial charge in [-0.1, -0.05) is 12.6 Å². The second-order valence-corrected chi connectivity index (χ2v) is 8.95. The van der Waals surface area contributed by atoms with Gasteiger partial charge in [0.05, 0.1) is 27.7 Å². The van der Waals surface area contributed by atoms with Gasteiger partial charge in [0.25, 0.3) is 0 Å². The molecule has 5 aromatic rings. The number of fused-ring (bicyclic) bond motifs is 1. The number of aromatic nitrogens is 4. The van der Waals surface area contributed by atoms with Gasteiger partial charge in [0.1, 0.15) is 17.5 Å². The average molecular weight is 460 g/mol. The van der Waals surface area contributed by atoms with E-state index in [0.717, 1.165) is 15.3 Å². The molecule has 3 heterocycles. The van der Waals surface area contributed by atoms with E-state index in [1.165, 1.54) is 18.2 Å². The largest absolute Gasteiger partial charge is 0.339 e. The molecular weight excluding hydrogens is 440 g/mol. The molecule has 1 N–H and O–H groups in total. The maximum atomic E-state index is 14.8. The van der Waals surface area contributed by atoms with Crippen molar-refractivity contribution in [1.82, 2.24) is 19.7 Å². The first-order valence-electron chi connectivity index (χ1n) is 10.2. The number of halogens is 2. The van der Waals surface area contributed by atoms with Gasteiger partial charge in [-0.25, -0.2) is 23.4 Å². The Morgan fingerprint density at radius 2 is 1.79 bits per heavy atom. The van der Waals surface area contributed by atoms with Crippen LogP contribution in [-0.4, -0.2) is 19.7 Å². The third-order valence-corrected chi connectivity index (χ3v) is 6.23. The molecular formula is C25H19F2N5S. The zero-order chi connectivity index (χ0) is 23.1. The van der Waals surface area contributed by atoms with Crippen LogP contribution in [0.2, 0.25) is 0 Å². The summed E-state index contributed by atoms with van der Waals surface area (Å²) >= 11 is 1.61. The highest BCUT2D eigenvalue weighted by molar-refractivity contribution is 7.13. The number of rotatable bonds is 5. The monoisotopic (exact) mass is 459 g/mol. The van der Waals surface area contributed by atoms with E-state index in [0.29, 0.717) is 28.2 Å². The minimum Gasteiger partial charge on any atom is -0.339 e. The number of thiophene rings is 1. The van der Waals surface area contributed by atoms with E-state index in [4.69, 9.17) is 0 Å². The molecule has 0 amide bonds. The van der Waals surface area contributed by atoms with E-state index in [9.17, 15) is 8.78 Å². The van der Waals surface area contributed by atoms with E-state index in [1.807, 2.05) is 32.0 Å². The van der Waals surface area contributed by atoms with Crippen LogP contribution in [0.1, 0.15) is 15.3 Å². The Kier molecular flexibility index (Phi) is 5.22. The quantitative estimate of drug-likeness (QED) is 0.325. The molecule has 0 aliphatic heterocycles. The highest BCUT2D eigenvalue weighted by Gasteiger charge is 2.18. The molecule has 0 radical (unpaired) electrons. The van der Waals surface area contributed by atoms with Crippen LogP contribution in [0.5, 0.6) is 0 Å². The standard InChI is InChI=1S/C25H19F2N5S/c1-14-4-10-19(21(27)12-14)23-30-24(29-16(3)22-11-5-15(2)33-22)20-13-28-32(25(20)31-23)18-8-6-17(26)7-9-18/h4-13H,3H2,1-2H3,(H,29,30,31). The number of nitrogens with one attached hydrogen (secondary N) is 1. The Balaban J connectivity index is 1.69. The lowest BCUT2D eigenvalue weighted by atomic mass is 10.1. The Morgan fingerprint density at radius 1 is 1.00 bits per heavy atom. The molecule has 8 heteroatoms. The Morgan fingerprint density at radius 3 is 2.48 bits per heavy atom. The van der Waals surface area contributed by atoms with Gasteiger partial charge in [-0.05, 0) is 67.9 Å². The van der Waals surface area contributed by atoms with Crippen LogP contribution in [0.4, 0.5) is 14.6 Å². The zero-order valence-corrected chi connectivity index (χ0v) is 18.8. The maximum absolute atomic E-state index is 14.8. The molecule has 3 aromatic heterocycles. The molecule has 0 saturated carbocycles. The van der Waals surface area contributed by atoms with E-state index in [-0.39, 0.29) is 17.2 Å². The van der Waals surface area contributed by atoms with Crippen molar-refractivity contribution in [2.45, 2.75) is 13.8 Å². The Labute approximate surface area is 193 Å². The second-order valence-electron chi connectivity index (χ2n) is 7.66. The van der Waals surface area contributed by atoms with Crippen LogP contribution in [0.3, 0.4) is 0 Å². The molecule has 0 aliphatic rings. The van der Waals surface area contributed by atoms with Gasteiger partial charge in [0.2, 0.25) is 0 Å². The van der Waals surface area contributed by atoms with Gasteiger partial charge in [-0.15, -0.1) is 11.3 Å². The van der Waals surface area contributed by atoms with E-state index in [1.54, 1.807) is 40.4 Å². The topological polar surface area (TPSA) is 55.6 Å². The molecule has 0 unspecified atom stereocenters. The summed E-state index contributed by atoms with van der Waals surface area (Å²) in [5.41, 5.74) is 2.82. The predicted molar refractivity (Wildman–Crippen MR) is 128 cm³/mol. The number of aryl methyl sites for hydroxylation is 2. The molecule has 0 bridgehead atoms. The van der Waals surface area contributed by atoms with Crippen LogP contribution in [0.25, 0.3) is 33.8 Å². The number of hydrogen-bond acceptors (Lipinski definition) is 5. The summed E-state index contributed by atoms with van der Waals surface area (Å²) in [6, 6.07) is 14.8. The summed E-state index contributed by atoms with van der Waals surface area (Å²) in [6.07, 6.45) is 1.63.